The molecule has 0 spiro atoms. The normalized spacial score (nSPS) is 19.6. The molecule has 3 nitrogen and oxygen atoms in total. The van der Waals surface area contributed by atoms with E-state index in [4.69, 9.17) is 5.73 Å². The van der Waals surface area contributed by atoms with Crippen LogP contribution in [0, 0.1) is 5.92 Å². The summed E-state index contributed by atoms with van der Waals surface area (Å²) in [5, 5.41) is 2.96. The number of hydrogen-bond donors (Lipinski definition) is 2. The molecule has 16 heavy (non-hydrogen) atoms. The molecule has 1 heterocycles. The third-order valence-corrected chi connectivity index (χ3v) is 3.88. The Morgan fingerprint density at radius 1 is 1.56 bits per heavy atom. The Labute approximate surface area is 99.8 Å². The van der Waals surface area contributed by atoms with Gasteiger partial charge in [-0.15, -0.1) is 0 Å². The highest BCUT2D eigenvalue weighted by molar-refractivity contribution is 7.99. The van der Waals surface area contributed by atoms with E-state index in [0.717, 1.165) is 29.2 Å². The van der Waals surface area contributed by atoms with Crippen LogP contribution in [0.2, 0.25) is 0 Å². The van der Waals surface area contributed by atoms with Gasteiger partial charge in [-0.1, -0.05) is 12.1 Å². The number of hydrogen-bond acceptors (Lipinski definition) is 3. The molecule has 1 atom stereocenters. The van der Waals surface area contributed by atoms with Crippen molar-refractivity contribution in [3.63, 3.8) is 0 Å². The van der Waals surface area contributed by atoms with Crippen molar-refractivity contribution in [3.8, 4) is 0 Å². The number of carbonyl (C=O) groups is 1. The van der Waals surface area contributed by atoms with Crippen molar-refractivity contribution in [2.45, 2.75) is 13.0 Å². The molecule has 0 bridgehead atoms. The van der Waals surface area contributed by atoms with E-state index in [1.165, 1.54) is 0 Å². The molecule has 1 fully saturated rings. The maximum absolute atomic E-state index is 11.7. The second kappa shape index (κ2) is 5.25. The van der Waals surface area contributed by atoms with E-state index >= 15 is 0 Å². The molecule has 0 radical (unpaired) electrons. The first-order chi connectivity index (χ1) is 7.75. The van der Waals surface area contributed by atoms with Crippen LogP contribution >= 0.6 is 11.8 Å². The SMILES string of the molecule is Nc1cccc(CNC(=O)C2CCSC2)c1. The molecule has 4 heteroatoms. The number of anilines is 1. The zero-order valence-electron chi connectivity index (χ0n) is 9.11. The molecule has 0 aliphatic carbocycles. The first-order valence-corrected chi connectivity index (χ1v) is 6.61. The number of amides is 1. The van der Waals surface area contributed by atoms with Crippen LogP contribution in [0.25, 0.3) is 0 Å². The van der Waals surface area contributed by atoms with Gasteiger partial charge in [-0.2, -0.15) is 11.8 Å². The van der Waals surface area contributed by atoms with E-state index in [2.05, 4.69) is 5.32 Å². The van der Waals surface area contributed by atoms with Crippen LogP contribution in [0.15, 0.2) is 24.3 Å². The lowest BCUT2D eigenvalue weighted by Crippen LogP contribution is -2.30. The fraction of sp³-hybridized carbons (Fsp3) is 0.417. The summed E-state index contributed by atoms with van der Waals surface area (Å²) >= 11 is 1.85. The van der Waals surface area contributed by atoms with Crippen LogP contribution in [0.4, 0.5) is 5.69 Å². The predicted octanol–water partition coefficient (Wildman–Crippen LogP) is 1.64. The van der Waals surface area contributed by atoms with Gasteiger partial charge < -0.3 is 11.1 Å². The van der Waals surface area contributed by atoms with Crippen LogP contribution in [0.5, 0.6) is 0 Å². The van der Waals surface area contributed by atoms with Crippen molar-refractivity contribution < 1.29 is 4.79 Å². The minimum absolute atomic E-state index is 0.174. The molecule has 1 aromatic rings. The average molecular weight is 236 g/mol. The average Bonchev–Trinajstić information content (AvgIpc) is 2.79. The second-order valence-electron chi connectivity index (χ2n) is 4.02. The van der Waals surface area contributed by atoms with E-state index in [0.29, 0.717) is 6.54 Å². The lowest BCUT2D eigenvalue weighted by molar-refractivity contribution is -0.124. The molecule has 1 aromatic carbocycles. The largest absolute Gasteiger partial charge is 0.399 e. The number of benzene rings is 1. The third kappa shape index (κ3) is 2.92. The Kier molecular flexibility index (Phi) is 3.72. The van der Waals surface area contributed by atoms with E-state index in [-0.39, 0.29) is 11.8 Å². The van der Waals surface area contributed by atoms with Crippen LogP contribution in [0.1, 0.15) is 12.0 Å². The molecule has 0 saturated carbocycles. The zero-order valence-corrected chi connectivity index (χ0v) is 9.93. The van der Waals surface area contributed by atoms with E-state index in [1.54, 1.807) is 0 Å². The summed E-state index contributed by atoms with van der Waals surface area (Å²) in [6.45, 7) is 0.574. The number of nitrogens with one attached hydrogen (secondary N) is 1. The Morgan fingerprint density at radius 3 is 3.12 bits per heavy atom. The van der Waals surface area contributed by atoms with Crippen molar-refractivity contribution in [2.24, 2.45) is 5.92 Å². The Balaban J connectivity index is 1.84. The minimum atomic E-state index is 0.174. The van der Waals surface area contributed by atoms with E-state index in [1.807, 2.05) is 36.0 Å². The summed E-state index contributed by atoms with van der Waals surface area (Å²) in [6.07, 6.45) is 1.01. The molecule has 1 aliphatic rings. The fourth-order valence-electron chi connectivity index (χ4n) is 1.78. The Hall–Kier alpha value is -1.16. The van der Waals surface area contributed by atoms with Gasteiger partial charge >= 0.3 is 0 Å². The monoisotopic (exact) mass is 236 g/mol. The molecular formula is C12H16N2OS. The first-order valence-electron chi connectivity index (χ1n) is 5.45. The van der Waals surface area contributed by atoms with Crippen LogP contribution in [0.3, 0.4) is 0 Å². The smallest absolute Gasteiger partial charge is 0.224 e. The highest BCUT2D eigenvalue weighted by Crippen LogP contribution is 2.23. The van der Waals surface area contributed by atoms with Crippen molar-refractivity contribution in [2.75, 3.05) is 17.2 Å². The number of rotatable bonds is 3. The maximum atomic E-state index is 11.7. The number of nitrogen functional groups attached to an aromatic ring is 1. The molecule has 1 saturated heterocycles. The predicted molar refractivity (Wildman–Crippen MR) is 68.1 cm³/mol. The number of nitrogens with two attached hydrogens (primary N) is 1. The molecule has 3 N–H and O–H groups in total. The molecule has 1 amide bonds. The fourth-order valence-corrected chi connectivity index (χ4v) is 3.00. The molecule has 86 valence electrons. The lowest BCUT2D eigenvalue weighted by Gasteiger charge is -2.10. The van der Waals surface area contributed by atoms with Crippen molar-refractivity contribution in [1.29, 1.82) is 0 Å². The van der Waals surface area contributed by atoms with Gasteiger partial charge in [-0.3, -0.25) is 4.79 Å². The summed E-state index contributed by atoms with van der Waals surface area (Å²) in [7, 11) is 0. The van der Waals surface area contributed by atoms with Crippen molar-refractivity contribution in [3.05, 3.63) is 29.8 Å². The highest BCUT2D eigenvalue weighted by Gasteiger charge is 2.22. The van der Waals surface area contributed by atoms with Crippen LogP contribution in [-0.2, 0) is 11.3 Å². The molecule has 1 unspecified atom stereocenters. The van der Waals surface area contributed by atoms with E-state index < -0.39 is 0 Å². The summed E-state index contributed by atoms with van der Waals surface area (Å²) in [5.74, 6) is 2.44. The van der Waals surface area contributed by atoms with Gasteiger partial charge in [0.1, 0.15) is 0 Å². The summed E-state index contributed by atoms with van der Waals surface area (Å²) in [4.78, 5) is 11.7. The molecule has 1 aliphatic heterocycles. The quantitative estimate of drug-likeness (QED) is 0.784. The number of thioether (sulfide) groups is 1. The van der Waals surface area contributed by atoms with Gasteiger partial charge in [0.05, 0.1) is 0 Å². The topological polar surface area (TPSA) is 55.1 Å². The summed E-state index contributed by atoms with van der Waals surface area (Å²) < 4.78 is 0. The molecule has 0 aromatic heterocycles. The molecule has 2 rings (SSSR count). The van der Waals surface area contributed by atoms with Gasteiger partial charge in [0, 0.05) is 23.9 Å². The lowest BCUT2D eigenvalue weighted by atomic mass is 10.1. The van der Waals surface area contributed by atoms with Crippen LogP contribution < -0.4 is 11.1 Å². The van der Waals surface area contributed by atoms with Crippen LogP contribution in [-0.4, -0.2) is 17.4 Å². The third-order valence-electron chi connectivity index (χ3n) is 2.72. The Bertz CT molecular complexity index is 375. The van der Waals surface area contributed by atoms with Gasteiger partial charge in [0.25, 0.3) is 0 Å². The number of carbonyl (C=O) groups excluding carboxylic acids is 1. The van der Waals surface area contributed by atoms with Gasteiger partial charge in [0.15, 0.2) is 0 Å². The molecular weight excluding hydrogens is 220 g/mol. The standard InChI is InChI=1S/C12H16N2OS/c13-11-3-1-2-9(6-11)7-14-12(15)10-4-5-16-8-10/h1-3,6,10H,4-5,7-8,13H2,(H,14,15). The highest BCUT2D eigenvalue weighted by atomic mass is 32.2. The van der Waals surface area contributed by atoms with Gasteiger partial charge in [-0.05, 0) is 29.9 Å². The van der Waals surface area contributed by atoms with Crippen molar-refractivity contribution >= 4 is 23.4 Å². The summed E-state index contributed by atoms with van der Waals surface area (Å²) in [6, 6.07) is 7.62. The first kappa shape index (κ1) is 11.3. The second-order valence-corrected chi connectivity index (χ2v) is 5.17. The van der Waals surface area contributed by atoms with Gasteiger partial charge in [-0.25, -0.2) is 0 Å². The zero-order chi connectivity index (χ0) is 11.4. The maximum Gasteiger partial charge on any atom is 0.224 e. The summed E-state index contributed by atoms with van der Waals surface area (Å²) in [5.41, 5.74) is 7.46. The van der Waals surface area contributed by atoms with E-state index in [9.17, 15) is 4.79 Å². The Morgan fingerprint density at radius 2 is 2.44 bits per heavy atom. The van der Waals surface area contributed by atoms with Gasteiger partial charge in [0.2, 0.25) is 5.91 Å². The van der Waals surface area contributed by atoms with Crippen molar-refractivity contribution in [1.82, 2.24) is 5.32 Å². The minimum Gasteiger partial charge on any atom is -0.399 e.